The van der Waals surface area contributed by atoms with Gasteiger partial charge in [-0.2, -0.15) is 0 Å². The van der Waals surface area contributed by atoms with Crippen molar-refractivity contribution in [2.75, 3.05) is 36.9 Å². The molecule has 0 saturated carbocycles. The first-order chi connectivity index (χ1) is 13.6. The van der Waals surface area contributed by atoms with Crippen LogP contribution in [0.4, 0.5) is 5.69 Å². The number of H-pyrrole nitrogens is 1. The topological polar surface area (TPSA) is 87.3 Å². The first kappa shape index (κ1) is 28.3. The van der Waals surface area contributed by atoms with Crippen LogP contribution >= 0.6 is 48.0 Å². The van der Waals surface area contributed by atoms with Crippen LogP contribution in [0.3, 0.4) is 0 Å². The number of nitrogens with zero attached hydrogens (tertiary/aromatic N) is 2. The molecule has 0 aliphatic carbocycles. The van der Waals surface area contributed by atoms with E-state index in [0.29, 0.717) is 24.8 Å². The molecule has 0 radical (unpaired) electrons. The van der Waals surface area contributed by atoms with Crippen molar-refractivity contribution in [1.29, 1.82) is 0 Å². The lowest BCUT2D eigenvalue weighted by Crippen LogP contribution is -2.43. The van der Waals surface area contributed by atoms with Crippen molar-refractivity contribution in [3.05, 3.63) is 48.0 Å². The first-order valence-electron chi connectivity index (χ1n) is 8.87. The average molecular weight is 500 g/mol. The number of alkyl halides is 2. The largest absolute Gasteiger partial charge is 0.467 e. The van der Waals surface area contributed by atoms with E-state index in [0.717, 1.165) is 16.9 Å². The fourth-order valence-corrected chi connectivity index (χ4v) is 3.19. The summed E-state index contributed by atoms with van der Waals surface area (Å²) in [5, 5.41) is 2.73. The Morgan fingerprint density at radius 2 is 1.80 bits per heavy atom. The van der Waals surface area contributed by atoms with Crippen molar-refractivity contribution in [2.45, 2.75) is 18.9 Å². The minimum Gasteiger partial charge on any atom is -0.467 e. The van der Waals surface area contributed by atoms with E-state index in [4.69, 9.17) is 27.9 Å². The molecule has 168 valence electrons. The maximum atomic E-state index is 12.4. The normalized spacial score (nSPS) is 10.9. The van der Waals surface area contributed by atoms with Crippen molar-refractivity contribution in [2.24, 2.45) is 0 Å². The van der Waals surface area contributed by atoms with Gasteiger partial charge in [0.15, 0.2) is 0 Å². The Balaban J connectivity index is 0.00000420. The zero-order chi connectivity index (χ0) is 20.4. The minimum absolute atomic E-state index is 0. The van der Waals surface area contributed by atoms with Crippen LogP contribution in [-0.4, -0.2) is 59.8 Å². The average Bonchev–Trinajstić information content (AvgIpc) is 3.20. The Hall–Kier alpha value is -1.67. The van der Waals surface area contributed by atoms with Crippen LogP contribution in [0.5, 0.6) is 0 Å². The molecule has 1 aromatic carbocycles. The molecule has 2 rings (SSSR count). The van der Waals surface area contributed by atoms with E-state index in [-0.39, 0.29) is 43.6 Å². The molecule has 1 heterocycles. The third-order valence-electron chi connectivity index (χ3n) is 4.17. The minimum atomic E-state index is -0.778. The highest BCUT2D eigenvalue weighted by Crippen LogP contribution is 2.16. The molecular weight excluding hydrogens is 474 g/mol. The molecule has 2 N–H and O–H groups in total. The second-order valence-electron chi connectivity index (χ2n) is 6.13. The number of methoxy groups -OCH3 is 1. The molecule has 30 heavy (non-hydrogen) atoms. The van der Waals surface area contributed by atoms with E-state index in [1.54, 1.807) is 6.20 Å². The summed E-state index contributed by atoms with van der Waals surface area (Å²) in [5.74, 6) is 0.246. The summed E-state index contributed by atoms with van der Waals surface area (Å²) in [6, 6.07) is 6.85. The van der Waals surface area contributed by atoms with Gasteiger partial charge in [0.05, 0.1) is 19.9 Å². The fourth-order valence-electron chi connectivity index (χ4n) is 2.78. The lowest BCUT2D eigenvalue weighted by molar-refractivity contribution is -0.145. The van der Waals surface area contributed by atoms with Crippen LogP contribution in [0.25, 0.3) is 0 Å². The molecular formula is C19H26Cl4N4O3. The number of aromatic amines is 1. The molecule has 0 saturated heterocycles. The van der Waals surface area contributed by atoms with Gasteiger partial charge in [0.2, 0.25) is 5.91 Å². The van der Waals surface area contributed by atoms with Crippen molar-refractivity contribution in [1.82, 2.24) is 15.3 Å². The number of halogens is 4. The van der Waals surface area contributed by atoms with E-state index in [1.807, 2.05) is 24.3 Å². The number of hydrogen-bond donors (Lipinski definition) is 2. The van der Waals surface area contributed by atoms with E-state index in [1.165, 1.54) is 13.4 Å². The molecule has 1 atom stereocenters. The number of amides is 1. The monoisotopic (exact) mass is 498 g/mol. The summed E-state index contributed by atoms with van der Waals surface area (Å²) in [5.41, 5.74) is 2.57. The summed E-state index contributed by atoms with van der Waals surface area (Å²) in [6.07, 6.45) is 3.56. The van der Waals surface area contributed by atoms with Crippen LogP contribution in [0.2, 0.25) is 0 Å². The third kappa shape index (κ3) is 9.00. The fraction of sp³-hybridized carbons (Fsp3) is 0.421. The molecule has 0 bridgehead atoms. The highest BCUT2D eigenvalue weighted by Gasteiger charge is 2.22. The molecule has 1 aromatic heterocycles. The van der Waals surface area contributed by atoms with E-state index < -0.39 is 12.0 Å². The van der Waals surface area contributed by atoms with Gasteiger partial charge < -0.3 is 19.9 Å². The summed E-state index contributed by atoms with van der Waals surface area (Å²) in [6.45, 7) is 1.39. The van der Waals surface area contributed by atoms with Gasteiger partial charge in [-0.15, -0.1) is 48.0 Å². The van der Waals surface area contributed by atoms with Crippen molar-refractivity contribution < 1.29 is 14.3 Å². The van der Waals surface area contributed by atoms with Gasteiger partial charge in [0.1, 0.15) is 6.04 Å². The second kappa shape index (κ2) is 15.2. The van der Waals surface area contributed by atoms with E-state index >= 15 is 0 Å². The van der Waals surface area contributed by atoms with Gasteiger partial charge in [0, 0.05) is 48.8 Å². The maximum Gasteiger partial charge on any atom is 0.328 e. The lowest BCUT2D eigenvalue weighted by atomic mass is 10.1. The number of esters is 1. The van der Waals surface area contributed by atoms with Crippen LogP contribution in [0.1, 0.15) is 11.3 Å². The highest BCUT2D eigenvalue weighted by atomic mass is 35.5. The van der Waals surface area contributed by atoms with E-state index in [2.05, 4.69) is 20.2 Å². The van der Waals surface area contributed by atoms with Gasteiger partial charge in [-0.1, -0.05) is 12.1 Å². The van der Waals surface area contributed by atoms with Crippen molar-refractivity contribution in [3.63, 3.8) is 0 Å². The van der Waals surface area contributed by atoms with Crippen molar-refractivity contribution >= 4 is 65.6 Å². The number of benzene rings is 1. The number of ether oxygens (including phenoxy) is 1. The summed E-state index contributed by atoms with van der Waals surface area (Å²) in [7, 11) is 1.29. The Labute approximate surface area is 198 Å². The first-order valence-corrected chi connectivity index (χ1v) is 9.94. The molecule has 0 aliphatic rings. The number of hydrogen-bond acceptors (Lipinski definition) is 5. The molecule has 0 spiro atoms. The van der Waals surface area contributed by atoms with Gasteiger partial charge in [-0.3, -0.25) is 4.79 Å². The second-order valence-corrected chi connectivity index (χ2v) is 6.89. The lowest BCUT2D eigenvalue weighted by Gasteiger charge is -2.23. The number of nitrogens with one attached hydrogen (secondary N) is 2. The molecule has 7 nitrogen and oxygen atoms in total. The third-order valence-corrected chi connectivity index (χ3v) is 4.51. The summed E-state index contributed by atoms with van der Waals surface area (Å²) < 4.78 is 4.79. The van der Waals surface area contributed by atoms with Gasteiger partial charge in [0.25, 0.3) is 0 Å². The SMILES string of the molecule is COC(=O)[C@H](Cc1cnc[nH]1)NC(=O)Cc1ccc(N(CCCl)CCCl)cc1.Cl.Cl. The molecule has 11 heteroatoms. The molecule has 2 aromatic rings. The zero-order valence-electron chi connectivity index (χ0n) is 16.5. The number of anilines is 1. The van der Waals surface area contributed by atoms with Gasteiger partial charge in [-0.05, 0) is 17.7 Å². The number of aromatic nitrogens is 2. The number of carbonyl (C=O) groups excluding carboxylic acids is 2. The van der Waals surface area contributed by atoms with Crippen LogP contribution in [0, 0.1) is 0 Å². The predicted octanol–water partition coefficient (Wildman–Crippen LogP) is 2.98. The van der Waals surface area contributed by atoms with E-state index in [9.17, 15) is 9.59 Å². The summed E-state index contributed by atoms with van der Waals surface area (Å²) >= 11 is 11.7. The Morgan fingerprint density at radius 1 is 1.17 bits per heavy atom. The standard InChI is InChI=1S/C19H24Cl2N4O3.2ClH/c1-28-19(27)17(11-15-12-22-13-23-15)24-18(26)10-14-2-4-16(5-3-14)25(8-6-20)9-7-21;;/h2-5,12-13,17H,6-11H2,1H3,(H,22,23)(H,24,26);2*1H/t17-;;/m0../s1. The van der Waals surface area contributed by atoms with Crippen molar-refractivity contribution in [3.8, 4) is 0 Å². The quantitative estimate of drug-likeness (QED) is 0.366. The predicted molar refractivity (Wildman–Crippen MR) is 125 cm³/mol. The Bertz CT molecular complexity index is 739. The number of imidazole rings is 1. The smallest absolute Gasteiger partial charge is 0.328 e. The van der Waals surface area contributed by atoms with Crippen LogP contribution in [0.15, 0.2) is 36.8 Å². The van der Waals surface area contributed by atoms with Gasteiger partial charge >= 0.3 is 5.97 Å². The van der Waals surface area contributed by atoms with Crippen LogP contribution in [-0.2, 0) is 27.2 Å². The zero-order valence-corrected chi connectivity index (χ0v) is 19.6. The molecule has 0 aliphatic heterocycles. The number of carbonyl (C=O) groups is 2. The Morgan fingerprint density at radius 3 is 2.30 bits per heavy atom. The summed E-state index contributed by atoms with van der Waals surface area (Å²) in [4.78, 5) is 33.3. The highest BCUT2D eigenvalue weighted by molar-refractivity contribution is 6.18. The number of rotatable bonds is 11. The Kier molecular flexibility index (Phi) is 14.3. The molecule has 1 amide bonds. The molecule has 0 fully saturated rings. The molecule has 0 unspecified atom stereocenters. The van der Waals surface area contributed by atoms with Crippen LogP contribution < -0.4 is 10.2 Å². The van der Waals surface area contributed by atoms with Gasteiger partial charge in [-0.25, -0.2) is 9.78 Å². The maximum absolute atomic E-state index is 12.4.